The van der Waals surface area contributed by atoms with Crippen molar-refractivity contribution in [2.75, 3.05) is 77.3 Å². The van der Waals surface area contributed by atoms with Crippen molar-refractivity contribution < 1.29 is 36.1 Å². The van der Waals surface area contributed by atoms with Crippen LogP contribution in [-0.2, 0) is 26.6 Å². The molecule has 232 valence electrons. The molecule has 15 heteroatoms. The third kappa shape index (κ3) is 18.9. The minimum atomic E-state index is -2.67. The molecular weight excluding hydrogens is 561 g/mol. The number of urea groups is 2. The fourth-order valence-corrected chi connectivity index (χ4v) is 9.64. The zero-order chi connectivity index (χ0) is 29.2. The number of thioether (sulfide) groups is 1. The molecule has 0 rings (SSSR count). The molecule has 0 aliphatic carbocycles. The molecule has 0 aliphatic heterocycles. The molecule has 12 nitrogen and oxygen atoms in total. The number of carbonyl (C=O) groups is 2. The fourth-order valence-electron chi connectivity index (χ4n) is 3.72. The highest BCUT2D eigenvalue weighted by molar-refractivity contribution is 7.99. The van der Waals surface area contributed by atoms with Gasteiger partial charge in [0.2, 0.25) is 0 Å². The zero-order valence-electron chi connectivity index (χ0n) is 25.0. The molecule has 0 atom stereocenters. The van der Waals surface area contributed by atoms with E-state index in [0.29, 0.717) is 77.9 Å². The number of carbonyl (C=O) groups excluding carboxylic acids is 2. The highest BCUT2D eigenvalue weighted by atomic mass is 32.2. The van der Waals surface area contributed by atoms with Crippen molar-refractivity contribution in [3.8, 4) is 0 Å². The third-order valence-corrected chi connectivity index (χ3v) is 12.4. The SMILES string of the molecule is CCO[Si](CCCNC(=O)NCCSCCNC(=O)NCCC[Si](OCC)(OCC)OCC)(OCC)OCC. The molecule has 0 aliphatic rings. The zero-order valence-corrected chi connectivity index (χ0v) is 27.8. The van der Waals surface area contributed by atoms with Crippen molar-refractivity contribution in [1.82, 2.24) is 21.3 Å². The van der Waals surface area contributed by atoms with Crippen LogP contribution in [0.3, 0.4) is 0 Å². The van der Waals surface area contributed by atoms with Crippen molar-refractivity contribution in [3.05, 3.63) is 0 Å². The third-order valence-electron chi connectivity index (χ3n) is 5.14. The van der Waals surface area contributed by atoms with Crippen LogP contribution in [0.4, 0.5) is 9.59 Å². The monoisotopic (exact) mass is 614 g/mol. The Morgan fingerprint density at radius 3 is 1.08 bits per heavy atom. The van der Waals surface area contributed by atoms with Crippen LogP contribution in [0.25, 0.3) is 0 Å². The van der Waals surface area contributed by atoms with Crippen LogP contribution in [0.15, 0.2) is 0 Å². The molecule has 0 heterocycles. The van der Waals surface area contributed by atoms with E-state index in [1.54, 1.807) is 11.8 Å². The largest absolute Gasteiger partial charge is 0.500 e. The van der Waals surface area contributed by atoms with Gasteiger partial charge in [-0.2, -0.15) is 11.8 Å². The van der Waals surface area contributed by atoms with E-state index >= 15 is 0 Å². The molecule has 0 radical (unpaired) electrons. The lowest BCUT2D eigenvalue weighted by Crippen LogP contribution is -2.46. The van der Waals surface area contributed by atoms with Gasteiger partial charge in [0.1, 0.15) is 0 Å². The summed E-state index contributed by atoms with van der Waals surface area (Å²) >= 11 is 1.66. The van der Waals surface area contributed by atoms with E-state index in [1.165, 1.54) is 0 Å². The smallest absolute Gasteiger partial charge is 0.374 e. The molecule has 0 unspecified atom stereocenters. The Morgan fingerprint density at radius 2 is 0.795 bits per heavy atom. The molecule has 0 spiro atoms. The molecule has 0 aromatic heterocycles. The maximum atomic E-state index is 12.0. The van der Waals surface area contributed by atoms with E-state index in [4.69, 9.17) is 26.6 Å². The predicted molar refractivity (Wildman–Crippen MR) is 160 cm³/mol. The molecule has 4 N–H and O–H groups in total. The fraction of sp³-hybridized carbons (Fsp3) is 0.917. The normalized spacial score (nSPS) is 11.8. The van der Waals surface area contributed by atoms with Gasteiger partial charge >= 0.3 is 29.7 Å². The van der Waals surface area contributed by atoms with Gasteiger partial charge in [-0.1, -0.05) is 0 Å². The highest BCUT2D eigenvalue weighted by Crippen LogP contribution is 2.18. The molecule has 0 fully saturated rings. The lowest BCUT2D eigenvalue weighted by molar-refractivity contribution is 0.0700. The maximum absolute atomic E-state index is 12.0. The first kappa shape index (κ1) is 38.1. The Hall–Kier alpha value is -0.916. The average molecular weight is 615 g/mol. The summed E-state index contributed by atoms with van der Waals surface area (Å²) in [4.78, 5) is 24.0. The van der Waals surface area contributed by atoms with E-state index in [1.807, 2.05) is 41.5 Å². The van der Waals surface area contributed by atoms with Crippen LogP contribution >= 0.6 is 11.8 Å². The molecule has 0 aromatic rings. The van der Waals surface area contributed by atoms with Crippen molar-refractivity contribution >= 4 is 41.4 Å². The van der Waals surface area contributed by atoms with Crippen LogP contribution in [-0.4, -0.2) is 107 Å². The van der Waals surface area contributed by atoms with Crippen LogP contribution in [0.5, 0.6) is 0 Å². The van der Waals surface area contributed by atoms with E-state index in [-0.39, 0.29) is 12.1 Å². The Bertz CT molecular complexity index is 545. The number of hydrogen-bond donors (Lipinski definition) is 4. The quantitative estimate of drug-likeness (QED) is 0.0855. The summed E-state index contributed by atoms with van der Waals surface area (Å²) in [7, 11) is -5.34. The van der Waals surface area contributed by atoms with Gasteiger partial charge in [0.15, 0.2) is 0 Å². The molecule has 4 amide bonds. The molecule has 0 saturated heterocycles. The summed E-state index contributed by atoms with van der Waals surface area (Å²) in [6, 6.07) is 0.926. The highest BCUT2D eigenvalue weighted by Gasteiger charge is 2.40. The summed E-state index contributed by atoms with van der Waals surface area (Å²) in [5.74, 6) is 1.51. The van der Waals surface area contributed by atoms with Gasteiger partial charge < -0.3 is 47.8 Å². The molecular formula is C24H54N4O8SSi2. The van der Waals surface area contributed by atoms with E-state index in [2.05, 4.69) is 21.3 Å². The molecule has 0 aromatic carbocycles. The minimum absolute atomic E-state index is 0.199. The second kappa shape index (κ2) is 24.8. The van der Waals surface area contributed by atoms with Crippen molar-refractivity contribution in [1.29, 1.82) is 0 Å². The van der Waals surface area contributed by atoms with Gasteiger partial charge in [-0.05, 0) is 54.4 Å². The maximum Gasteiger partial charge on any atom is 0.500 e. The number of amides is 4. The first-order valence-corrected chi connectivity index (χ1v) is 19.3. The Balaban J connectivity index is 3.91. The number of hydrogen-bond acceptors (Lipinski definition) is 9. The summed E-state index contributed by atoms with van der Waals surface area (Å²) in [5.41, 5.74) is 0. The van der Waals surface area contributed by atoms with Crippen LogP contribution < -0.4 is 21.3 Å². The van der Waals surface area contributed by atoms with Crippen LogP contribution in [0.1, 0.15) is 54.4 Å². The van der Waals surface area contributed by atoms with Gasteiger partial charge in [-0.3, -0.25) is 0 Å². The number of nitrogens with one attached hydrogen (secondary N) is 4. The van der Waals surface area contributed by atoms with Gasteiger partial charge in [0, 0.05) is 89.4 Å². The summed E-state index contributed by atoms with van der Waals surface area (Å²) in [6.07, 6.45) is 1.44. The molecule has 39 heavy (non-hydrogen) atoms. The minimum Gasteiger partial charge on any atom is -0.374 e. The van der Waals surface area contributed by atoms with Crippen LogP contribution in [0.2, 0.25) is 12.1 Å². The van der Waals surface area contributed by atoms with Gasteiger partial charge in [-0.15, -0.1) is 0 Å². The van der Waals surface area contributed by atoms with E-state index < -0.39 is 17.6 Å². The summed E-state index contributed by atoms with van der Waals surface area (Å²) in [5, 5.41) is 11.4. The number of rotatable bonds is 26. The topological polar surface area (TPSA) is 138 Å². The summed E-state index contributed by atoms with van der Waals surface area (Å²) in [6.45, 7) is 16.9. The Labute approximate surface area is 242 Å². The average Bonchev–Trinajstić information content (AvgIpc) is 2.89. The second-order valence-corrected chi connectivity index (χ2v) is 14.8. The standard InChI is InChI=1S/C24H54N4O8SSi2/c1-7-31-38(32-8-2,33-9-3)21-13-15-25-23(29)27-17-19-37-20-18-28-24(30)26-16-14-22-39(34-10-4,35-11-5)36-12-6/h7-22H2,1-6H3,(H2,25,27,29)(H2,26,28,30). The lowest BCUT2D eigenvalue weighted by Gasteiger charge is -2.28. The van der Waals surface area contributed by atoms with E-state index in [9.17, 15) is 9.59 Å². The van der Waals surface area contributed by atoms with E-state index in [0.717, 1.165) is 24.3 Å². The molecule has 0 saturated carbocycles. The Kier molecular flexibility index (Phi) is 24.3. The van der Waals surface area contributed by atoms with Crippen molar-refractivity contribution in [3.63, 3.8) is 0 Å². The van der Waals surface area contributed by atoms with Crippen LogP contribution in [0, 0.1) is 0 Å². The van der Waals surface area contributed by atoms with Crippen molar-refractivity contribution in [2.24, 2.45) is 0 Å². The van der Waals surface area contributed by atoms with Gasteiger partial charge in [0.25, 0.3) is 0 Å². The van der Waals surface area contributed by atoms with Gasteiger partial charge in [0.05, 0.1) is 0 Å². The first-order valence-electron chi connectivity index (χ1n) is 14.3. The first-order chi connectivity index (χ1) is 18.9. The van der Waals surface area contributed by atoms with Crippen molar-refractivity contribution in [2.45, 2.75) is 66.5 Å². The predicted octanol–water partition coefficient (Wildman–Crippen LogP) is 3.20. The van der Waals surface area contributed by atoms with Gasteiger partial charge in [-0.25, -0.2) is 9.59 Å². The summed E-state index contributed by atoms with van der Waals surface area (Å²) < 4.78 is 35.0. The molecule has 0 bridgehead atoms. The Morgan fingerprint density at radius 1 is 0.513 bits per heavy atom. The second-order valence-electron chi connectivity index (χ2n) is 8.15. The lowest BCUT2D eigenvalue weighted by atomic mass is 10.5.